The van der Waals surface area contributed by atoms with Crippen LogP contribution in [0.2, 0.25) is 0 Å². The van der Waals surface area contributed by atoms with E-state index in [0.717, 1.165) is 23.7 Å². The summed E-state index contributed by atoms with van der Waals surface area (Å²) in [4.78, 5) is 24.9. The molecule has 4 nitrogen and oxygen atoms in total. The van der Waals surface area contributed by atoms with Crippen LogP contribution in [0.3, 0.4) is 0 Å². The predicted octanol–water partition coefficient (Wildman–Crippen LogP) is 4.31. The molecule has 1 spiro atoms. The van der Waals surface area contributed by atoms with E-state index < -0.39 is 17.5 Å². The first-order valence-electron chi connectivity index (χ1n) is 7.56. The SMILES string of the molecule is O=C1OC2(CCCCC2)C(C(=O)Oc2cccc(Br)c2)=C1CBr. The highest BCUT2D eigenvalue weighted by Crippen LogP contribution is 2.44. The van der Waals surface area contributed by atoms with Gasteiger partial charge >= 0.3 is 11.9 Å². The number of hydrogen-bond acceptors (Lipinski definition) is 4. The van der Waals surface area contributed by atoms with Gasteiger partial charge in [0.1, 0.15) is 11.4 Å². The van der Waals surface area contributed by atoms with Crippen LogP contribution in [-0.4, -0.2) is 22.9 Å². The molecule has 0 atom stereocenters. The first-order valence-corrected chi connectivity index (χ1v) is 9.48. The summed E-state index contributed by atoms with van der Waals surface area (Å²) in [6.07, 6.45) is 4.33. The fourth-order valence-electron chi connectivity index (χ4n) is 3.26. The molecule has 6 heteroatoms. The van der Waals surface area contributed by atoms with E-state index in [1.807, 2.05) is 6.07 Å². The summed E-state index contributed by atoms with van der Waals surface area (Å²) in [6, 6.07) is 7.07. The lowest BCUT2D eigenvalue weighted by Gasteiger charge is -2.33. The number of carbonyl (C=O) groups is 2. The van der Waals surface area contributed by atoms with Gasteiger partial charge in [-0.25, -0.2) is 9.59 Å². The summed E-state index contributed by atoms with van der Waals surface area (Å²) in [5.41, 5.74) is -0.0346. The van der Waals surface area contributed by atoms with Gasteiger partial charge in [0.25, 0.3) is 0 Å². The largest absolute Gasteiger partial charge is 0.450 e. The molecule has 1 saturated carbocycles. The van der Waals surface area contributed by atoms with Gasteiger partial charge in [-0.2, -0.15) is 0 Å². The molecule has 1 aliphatic heterocycles. The fraction of sp³-hybridized carbons (Fsp3) is 0.412. The molecule has 1 aromatic carbocycles. The highest BCUT2D eigenvalue weighted by Gasteiger charge is 2.51. The molecule has 1 aromatic rings. The first kappa shape index (κ1) is 16.7. The van der Waals surface area contributed by atoms with E-state index in [9.17, 15) is 9.59 Å². The minimum atomic E-state index is -0.804. The van der Waals surface area contributed by atoms with Gasteiger partial charge in [0.15, 0.2) is 0 Å². The average molecular weight is 444 g/mol. The zero-order valence-electron chi connectivity index (χ0n) is 12.4. The van der Waals surface area contributed by atoms with Gasteiger partial charge in [-0.3, -0.25) is 0 Å². The van der Waals surface area contributed by atoms with E-state index >= 15 is 0 Å². The van der Waals surface area contributed by atoms with E-state index in [-0.39, 0.29) is 5.33 Å². The summed E-state index contributed by atoms with van der Waals surface area (Å²) in [6.45, 7) is 0. The third kappa shape index (κ3) is 3.24. The molecule has 0 bridgehead atoms. The number of hydrogen-bond donors (Lipinski definition) is 0. The third-order valence-corrected chi connectivity index (χ3v) is 5.35. The number of rotatable bonds is 3. The normalized spacial score (nSPS) is 19.8. The van der Waals surface area contributed by atoms with Crippen LogP contribution in [0.4, 0.5) is 0 Å². The lowest BCUT2D eigenvalue weighted by atomic mass is 9.79. The van der Waals surface area contributed by atoms with Crippen molar-refractivity contribution in [1.82, 2.24) is 0 Å². The Morgan fingerprint density at radius 1 is 1.26 bits per heavy atom. The smallest absolute Gasteiger partial charge is 0.344 e. The van der Waals surface area contributed by atoms with Crippen LogP contribution in [0.1, 0.15) is 32.1 Å². The van der Waals surface area contributed by atoms with Crippen molar-refractivity contribution in [3.8, 4) is 5.75 Å². The molecule has 1 heterocycles. The van der Waals surface area contributed by atoms with Crippen molar-refractivity contribution >= 4 is 43.8 Å². The number of esters is 2. The van der Waals surface area contributed by atoms with Crippen LogP contribution in [0, 0.1) is 0 Å². The molecule has 23 heavy (non-hydrogen) atoms. The maximum Gasteiger partial charge on any atom is 0.344 e. The van der Waals surface area contributed by atoms with Gasteiger partial charge in [-0.15, -0.1) is 0 Å². The Morgan fingerprint density at radius 2 is 2.00 bits per heavy atom. The standard InChI is InChI=1S/C17H16Br2O4/c18-10-13-14(16(21)22-12-6-4-5-11(19)9-12)17(23-15(13)20)7-2-1-3-8-17/h4-6,9H,1-3,7-8,10H2. The Morgan fingerprint density at radius 3 is 2.65 bits per heavy atom. The van der Waals surface area contributed by atoms with Crippen LogP contribution in [0.25, 0.3) is 0 Å². The Hall–Kier alpha value is -1.14. The summed E-state index contributed by atoms with van der Waals surface area (Å²) in [5, 5.41) is 0.288. The topological polar surface area (TPSA) is 52.6 Å². The van der Waals surface area contributed by atoms with E-state index in [1.54, 1.807) is 18.2 Å². The Labute approximate surface area is 151 Å². The van der Waals surface area contributed by atoms with E-state index in [2.05, 4.69) is 31.9 Å². The van der Waals surface area contributed by atoms with Crippen molar-refractivity contribution in [3.05, 3.63) is 39.9 Å². The van der Waals surface area contributed by atoms with Crippen molar-refractivity contribution in [2.75, 3.05) is 5.33 Å². The Kier molecular flexibility index (Phi) is 4.92. The number of carbonyl (C=O) groups excluding carboxylic acids is 2. The predicted molar refractivity (Wildman–Crippen MR) is 92.5 cm³/mol. The summed E-state index contributed by atoms with van der Waals surface area (Å²) in [5.74, 6) is -0.466. The molecule has 122 valence electrons. The number of benzene rings is 1. The summed E-state index contributed by atoms with van der Waals surface area (Å²) < 4.78 is 12.0. The average Bonchev–Trinajstić information content (AvgIpc) is 2.79. The van der Waals surface area contributed by atoms with Crippen LogP contribution >= 0.6 is 31.9 Å². The maximum atomic E-state index is 12.8. The maximum absolute atomic E-state index is 12.8. The minimum Gasteiger partial charge on any atom is -0.450 e. The Balaban J connectivity index is 1.93. The molecule has 0 aromatic heterocycles. The molecule has 3 rings (SSSR count). The molecule has 0 saturated heterocycles. The highest BCUT2D eigenvalue weighted by molar-refractivity contribution is 9.10. The molecule has 2 aliphatic rings. The van der Waals surface area contributed by atoms with Crippen molar-refractivity contribution in [3.63, 3.8) is 0 Å². The lowest BCUT2D eigenvalue weighted by Crippen LogP contribution is -2.38. The zero-order valence-corrected chi connectivity index (χ0v) is 15.6. The second kappa shape index (κ2) is 6.77. The summed E-state index contributed by atoms with van der Waals surface area (Å²) in [7, 11) is 0. The lowest BCUT2D eigenvalue weighted by molar-refractivity contribution is -0.150. The van der Waals surface area contributed by atoms with Crippen molar-refractivity contribution in [2.24, 2.45) is 0 Å². The zero-order chi connectivity index (χ0) is 16.4. The fourth-order valence-corrected chi connectivity index (χ4v) is 4.15. The van der Waals surface area contributed by atoms with Gasteiger partial charge < -0.3 is 9.47 Å². The quantitative estimate of drug-likeness (QED) is 0.397. The molecule has 1 aliphatic carbocycles. The van der Waals surface area contributed by atoms with Crippen molar-refractivity contribution < 1.29 is 19.1 Å². The van der Waals surface area contributed by atoms with Crippen LogP contribution in [-0.2, 0) is 14.3 Å². The molecule has 0 unspecified atom stereocenters. The second-order valence-corrected chi connectivity index (χ2v) is 7.25. The number of ether oxygens (including phenoxy) is 2. The van der Waals surface area contributed by atoms with Gasteiger partial charge in [-0.05, 0) is 43.9 Å². The highest BCUT2D eigenvalue weighted by atomic mass is 79.9. The van der Waals surface area contributed by atoms with Gasteiger partial charge in [0.05, 0.1) is 11.1 Å². The molecule has 1 fully saturated rings. The molecule has 0 radical (unpaired) electrons. The minimum absolute atomic E-state index is 0.288. The second-order valence-electron chi connectivity index (χ2n) is 5.78. The van der Waals surface area contributed by atoms with Gasteiger partial charge in [-0.1, -0.05) is 44.3 Å². The molecule has 0 amide bonds. The van der Waals surface area contributed by atoms with Crippen molar-refractivity contribution in [2.45, 2.75) is 37.7 Å². The van der Waals surface area contributed by atoms with Crippen molar-refractivity contribution in [1.29, 1.82) is 0 Å². The van der Waals surface area contributed by atoms with E-state index in [0.29, 0.717) is 29.7 Å². The molecule has 0 N–H and O–H groups in total. The van der Waals surface area contributed by atoms with Crippen LogP contribution in [0.5, 0.6) is 5.75 Å². The van der Waals surface area contributed by atoms with E-state index in [4.69, 9.17) is 9.47 Å². The monoisotopic (exact) mass is 442 g/mol. The van der Waals surface area contributed by atoms with E-state index in [1.165, 1.54) is 0 Å². The molecular formula is C17H16Br2O4. The van der Waals surface area contributed by atoms with Crippen LogP contribution < -0.4 is 4.74 Å². The Bertz CT molecular complexity index is 675. The van der Waals surface area contributed by atoms with Crippen LogP contribution in [0.15, 0.2) is 39.9 Å². The number of halogens is 2. The van der Waals surface area contributed by atoms with Gasteiger partial charge in [0, 0.05) is 9.80 Å². The summed E-state index contributed by atoms with van der Waals surface area (Å²) >= 11 is 6.65. The number of alkyl halides is 1. The third-order valence-electron chi connectivity index (χ3n) is 4.30. The first-order chi connectivity index (χ1) is 11.1. The van der Waals surface area contributed by atoms with Gasteiger partial charge in [0.2, 0.25) is 0 Å². The molecular weight excluding hydrogens is 428 g/mol.